The molecule has 0 bridgehead atoms. The lowest BCUT2D eigenvalue weighted by Crippen LogP contribution is -2.19. The normalized spacial score (nSPS) is 11.9. The van der Waals surface area contributed by atoms with E-state index in [9.17, 15) is 18.0 Å². The predicted molar refractivity (Wildman–Crippen MR) is 101 cm³/mol. The van der Waals surface area contributed by atoms with Crippen molar-refractivity contribution in [1.82, 2.24) is 24.5 Å². The Morgan fingerprint density at radius 1 is 1.28 bits per heavy atom. The molecule has 0 aliphatic heterocycles. The zero-order valence-corrected chi connectivity index (χ0v) is 16.1. The van der Waals surface area contributed by atoms with Gasteiger partial charge in [-0.2, -0.15) is 13.2 Å². The number of alkyl halides is 3. The SMILES string of the molecule is Cc1nc(-c2nc(Cl)cs2)nc(-n2cc(C(F)(F)F)c3ccncc32)c1C(N)=O. The first-order valence-electron chi connectivity index (χ1n) is 7.99. The molecule has 0 aliphatic carbocycles. The molecule has 0 unspecified atom stereocenters. The summed E-state index contributed by atoms with van der Waals surface area (Å²) in [7, 11) is 0. The number of halogens is 4. The van der Waals surface area contributed by atoms with Crippen LogP contribution in [0.15, 0.2) is 30.0 Å². The molecule has 0 saturated carbocycles. The van der Waals surface area contributed by atoms with E-state index >= 15 is 0 Å². The molecule has 4 heterocycles. The van der Waals surface area contributed by atoms with Crippen LogP contribution in [0.5, 0.6) is 0 Å². The number of primary amides is 1. The number of rotatable bonds is 3. The van der Waals surface area contributed by atoms with Crippen molar-refractivity contribution < 1.29 is 18.0 Å². The van der Waals surface area contributed by atoms with Gasteiger partial charge in [-0.1, -0.05) is 11.6 Å². The van der Waals surface area contributed by atoms with E-state index in [0.717, 1.165) is 22.1 Å². The number of aromatic nitrogens is 5. The predicted octanol–water partition coefficient (Wildman–Crippen LogP) is 4.02. The topological polar surface area (TPSA) is 99.6 Å². The van der Waals surface area contributed by atoms with Gasteiger partial charge in [0.2, 0.25) is 0 Å². The summed E-state index contributed by atoms with van der Waals surface area (Å²) < 4.78 is 41.8. The zero-order valence-electron chi connectivity index (χ0n) is 14.5. The van der Waals surface area contributed by atoms with Gasteiger partial charge in [0.1, 0.15) is 10.7 Å². The molecule has 4 aromatic rings. The third kappa shape index (κ3) is 3.32. The van der Waals surface area contributed by atoms with Crippen molar-refractivity contribution >= 4 is 39.7 Å². The Bertz CT molecular complexity index is 1270. The van der Waals surface area contributed by atoms with E-state index in [0.29, 0.717) is 5.01 Å². The van der Waals surface area contributed by atoms with Crippen LogP contribution < -0.4 is 5.73 Å². The lowest BCUT2D eigenvalue weighted by atomic mass is 10.2. The Balaban J connectivity index is 2.07. The number of thiazole rings is 1. The Hall–Kier alpha value is -3.05. The number of hydrogen-bond acceptors (Lipinski definition) is 6. The number of amides is 1. The van der Waals surface area contributed by atoms with Crippen molar-refractivity contribution in [3.63, 3.8) is 0 Å². The quantitative estimate of drug-likeness (QED) is 0.520. The Morgan fingerprint density at radius 3 is 2.66 bits per heavy atom. The largest absolute Gasteiger partial charge is 0.418 e. The number of carbonyl (C=O) groups excluding carboxylic acids is 1. The molecule has 7 nitrogen and oxygen atoms in total. The first-order chi connectivity index (χ1) is 13.7. The van der Waals surface area contributed by atoms with Gasteiger partial charge in [0.15, 0.2) is 16.6 Å². The smallest absolute Gasteiger partial charge is 0.365 e. The summed E-state index contributed by atoms with van der Waals surface area (Å²) in [6.45, 7) is 1.51. The van der Waals surface area contributed by atoms with Crippen LogP contribution in [0.3, 0.4) is 0 Å². The fourth-order valence-corrected chi connectivity index (χ4v) is 3.83. The van der Waals surface area contributed by atoms with Crippen LogP contribution in [0, 0.1) is 6.92 Å². The third-order valence-corrected chi connectivity index (χ3v) is 5.29. The van der Waals surface area contributed by atoms with E-state index in [1.807, 2.05) is 0 Å². The molecule has 4 aromatic heterocycles. The highest BCUT2D eigenvalue weighted by Crippen LogP contribution is 2.37. The van der Waals surface area contributed by atoms with Crippen LogP contribution in [0.1, 0.15) is 21.6 Å². The maximum atomic E-state index is 13.6. The maximum Gasteiger partial charge on any atom is 0.418 e. The van der Waals surface area contributed by atoms with Crippen molar-refractivity contribution in [1.29, 1.82) is 0 Å². The van der Waals surface area contributed by atoms with Gasteiger partial charge in [0, 0.05) is 23.2 Å². The summed E-state index contributed by atoms with van der Waals surface area (Å²) >= 11 is 7.01. The second-order valence-corrected chi connectivity index (χ2v) is 7.22. The number of nitrogens with zero attached hydrogens (tertiary/aromatic N) is 5. The van der Waals surface area contributed by atoms with E-state index in [2.05, 4.69) is 19.9 Å². The highest BCUT2D eigenvalue weighted by Gasteiger charge is 2.35. The Kier molecular flexibility index (Phi) is 4.50. The molecule has 0 atom stereocenters. The van der Waals surface area contributed by atoms with Crippen molar-refractivity contribution in [3.8, 4) is 16.6 Å². The maximum absolute atomic E-state index is 13.6. The van der Waals surface area contributed by atoms with Gasteiger partial charge in [-0.05, 0) is 13.0 Å². The molecular weight excluding hydrogens is 429 g/mol. The molecular formula is C17H10ClF3N6OS. The van der Waals surface area contributed by atoms with Gasteiger partial charge in [-0.25, -0.2) is 15.0 Å². The van der Waals surface area contributed by atoms with Crippen LogP contribution in [-0.4, -0.2) is 30.4 Å². The van der Waals surface area contributed by atoms with E-state index in [1.54, 1.807) is 5.38 Å². The van der Waals surface area contributed by atoms with Crippen molar-refractivity contribution in [2.24, 2.45) is 5.73 Å². The average molecular weight is 439 g/mol. The lowest BCUT2D eigenvalue weighted by molar-refractivity contribution is -0.136. The molecule has 1 amide bonds. The Labute approximate surface area is 170 Å². The molecule has 148 valence electrons. The van der Waals surface area contributed by atoms with Crippen LogP contribution in [0.4, 0.5) is 13.2 Å². The van der Waals surface area contributed by atoms with Gasteiger partial charge in [-0.3, -0.25) is 14.3 Å². The number of aryl methyl sites for hydroxylation is 1. The van der Waals surface area contributed by atoms with Gasteiger partial charge in [0.25, 0.3) is 5.91 Å². The second-order valence-electron chi connectivity index (χ2n) is 5.97. The zero-order chi connectivity index (χ0) is 20.9. The molecule has 0 saturated heterocycles. The molecule has 29 heavy (non-hydrogen) atoms. The number of nitrogens with two attached hydrogens (primary N) is 1. The van der Waals surface area contributed by atoms with E-state index in [4.69, 9.17) is 17.3 Å². The first-order valence-corrected chi connectivity index (χ1v) is 9.25. The number of fused-ring (bicyclic) bond motifs is 1. The lowest BCUT2D eigenvalue weighted by Gasteiger charge is -2.12. The van der Waals surface area contributed by atoms with Crippen molar-refractivity contribution in [2.75, 3.05) is 0 Å². The Morgan fingerprint density at radius 2 is 2.03 bits per heavy atom. The summed E-state index contributed by atoms with van der Waals surface area (Å²) in [6, 6.07) is 1.24. The summed E-state index contributed by atoms with van der Waals surface area (Å²) in [6.07, 6.45) is -1.25. The highest BCUT2D eigenvalue weighted by molar-refractivity contribution is 7.13. The summed E-state index contributed by atoms with van der Waals surface area (Å²) in [4.78, 5) is 28.6. The van der Waals surface area contributed by atoms with Gasteiger partial charge < -0.3 is 5.73 Å². The van der Waals surface area contributed by atoms with Crippen LogP contribution in [-0.2, 0) is 6.18 Å². The van der Waals surface area contributed by atoms with Crippen molar-refractivity contribution in [3.05, 3.63) is 52.0 Å². The molecule has 0 spiro atoms. The van der Waals surface area contributed by atoms with E-state index in [1.165, 1.54) is 25.4 Å². The van der Waals surface area contributed by atoms with Gasteiger partial charge >= 0.3 is 6.18 Å². The highest BCUT2D eigenvalue weighted by atomic mass is 35.5. The number of carbonyl (C=O) groups is 1. The molecule has 12 heteroatoms. The van der Waals surface area contributed by atoms with E-state index in [-0.39, 0.29) is 39.0 Å². The molecule has 0 fully saturated rings. The van der Waals surface area contributed by atoms with Gasteiger partial charge in [0.05, 0.1) is 23.0 Å². The first kappa shape index (κ1) is 19.3. The molecule has 4 rings (SSSR count). The minimum atomic E-state index is -4.62. The summed E-state index contributed by atoms with van der Waals surface area (Å²) in [5, 5.41) is 2.05. The number of hydrogen-bond donors (Lipinski definition) is 1. The van der Waals surface area contributed by atoms with Crippen molar-refractivity contribution in [2.45, 2.75) is 13.1 Å². The molecule has 0 aliphatic rings. The monoisotopic (exact) mass is 438 g/mol. The second kappa shape index (κ2) is 6.78. The van der Waals surface area contributed by atoms with Crippen LogP contribution in [0.25, 0.3) is 27.6 Å². The standard InChI is InChI=1S/C17H10ClF3N6OS/c1-7-12(13(22)28)15(26-14(24-7)16-25-11(18)6-29-16)27-5-9(17(19,20)21)8-2-3-23-4-10(8)27/h2-6H,1H3,(H2,22,28). The summed E-state index contributed by atoms with van der Waals surface area (Å²) in [5.74, 6) is -0.862. The fraction of sp³-hybridized carbons (Fsp3) is 0.118. The molecule has 0 aromatic carbocycles. The fourth-order valence-electron chi connectivity index (χ4n) is 2.95. The van der Waals surface area contributed by atoms with Crippen LogP contribution in [0.2, 0.25) is 5.15 Å². The molecule has 2 N–H and O–H groups in total. The minimum absolute atomic E-state index is 0.0852. The minimum Gasteiger partial charge on any atom is -0.365 e. The van der Waals surface area contributed by atoms with Crippen LogP contribution >= 0.6 is 22.9 Å². The third-order valence-electron chi connectivity index (χ3n) is 4.13. The van der Waals surface area contributed by atoms with E-state index < -0.39 is 17.6 Å². The average Bonchev–Trinajstić information content (AvgIpc) is 3.24. The number of pyridine rings is 1. The summed E-state index contributed by atoms with van der Waals surface area (Å²) in [5.41, 5.74) is 4.80. The van der Waals surface area contributed by atoms with Gasteiger partial charge in [-0.15, -0.1) is 11.3 Å². The molecule has 0 radical (unpaired) electrons.